The quantitative estimate of drug-likeness (QED) is 0.850. The Labute approximate surface area is 152 Å². The van der Waals surface area contributed by atoms with E-state index in [1.807, 2.05) is 0 Å². The van der Waals surface area contributed by atoms with Crippen LogP contribution in [0.3, 0.4) is 0 Å². The summed E-state index contributed by atoms with van der Waals surface area (Å²) >= 11 is 0. The number of ether oxygens (including phenoxy) is 1. The van der Waals surface area contributed by atoms with Crippen molar-refractivity contribution in [3.8, 4) is 0 Å². The molecule has 2 saturated heterocycles. The van der Waals surface area contributed by atoms with Gasteiger partial charge in [-0.1, -0.05) is 18.2 Å². The highest BCUT2D eigenvalue weighted by Crippen LogP contribution is 2.14. The third kappa shape index (κ3) is 4.90. The van der Waals surface area contributed by atoms with E-state index >= 15 is 0 Å². The van der Waals surface area contributed by atoms with E-state index in [2.05, 4.69) is 5.32 Å². The highest BCUT2D eigenvalue weighted by atomic mass is 35.5. The number of hydrogen-bond donors (Lipinski definition) is 1. The van der Waals surface area contributed by atoms with Crippen molar-refractivity contribution in [3.63, 3.8) is 0 Å². The van der Waals surface area contributed by atoms with E-state index in [0.29, 0.717) is 45.0 Å². The minimum absolute atomic E-state index is 0. The second-order valence-electron chi connectivity index (χ2n) is 6.06. The number of carbonyl (C=O) groups excluding carboxylic acids is 2. The van der Waals surface area contributed by atoms with Crippen LogP contribution in [0.2, 0.25) is 0 Å². The number of benzene rings is 1. The van der Waals surface area contributed by atoms with Crippen molar-refractivity contribution in [3.05, 3.63) is 35.6 Å². The highest BCUT2D eigenvalue weighted by molar-refractivity contribution is 5.89. The Morgan fingerprint density at radius 1 is 1.24 bits per heavy atom. The Hall–Kier alpha value is -1.70. The summed E-state index contributed by atoms with van der Waals surface area (Å²) in [7, 11) is 0. The van der Waals surface area contributed by atoms with Gasteiger partial charge in [0.1, 0.15) is 5.82 Å². The molecule has 2 aliphatic heterocycles. The van der Waals surface area contributed by atoms with E-state index in [1.165, 1.54) is 6.07 Å². The molecule has 1 aromatic rings. The summed E-state index contributed by atoms with van der Waals surface area (Å²) in [6.07, 6.45) is 0.132. The summed E-state index contributed by atoms with van der Waals surface area (Å²) in [5.41, 5.74) is 0.492. The molecule has 2 fully saturated rings. The number of nitrogens with one attached hydrogen (secondary N) is 1. The van der Waals surface area contributed by atoms with Crippen LogP contribution in [-0.4, -0.2) is 67.0 Å². The van der Waals surface area contributed by atoms with E-state index in [-0.39, 0.29) is 43.0 Å². The van der Waals surface area contributed by atoms with Crippen molar-refractivity contribution in [2.24, 2.45) is 0 Å². The molecule has 2 amide bonds. The van der Waals surface area contributed by atoms with Crippen LogP contribution in [-0.2, 0) is 20.9 Å². The van der Waals surface area contributed by atoms with Gasteiger partial charge in [-0.15, -0.1) is 12.4 Å². The molecule has 1 atom stereocenters. The molecule has 6 nitrogen and oxygen atoms in total. The fourth-order valence-corrected chi connectivity index (χ4v) is 3.06. The zero-order chi connectivity index (χ0) is 16.9. The molecule has 1 aromatic carbocycles. The molecule has 8 heteroatoms. The molecule has 2 heterocycles. The molecule has 1 unspecified atom stereocenters. The Kier molecular flexibility index (Phi) is 7.16. The zero-order valence-corrected chi connectivity index (χ0v) is 14.8. The van der Waals surface area contributed by atoms with Gasteiger partial charge in [-0.25, -0.2) is 4.39 Å². The van der Waals surface area contributed by atoms with Crippen LogP contribution < -0.4 is 5.32 Å². The topological polar surface area (TPSA) is 61.9 Å². The largest absolute Gasteiger partial charge is 0.378 e. The molecular formula is C17H23ClFN3O3. The monoisotopic (exact) mass is 371 g/mol. The fraction of sp³-hybridized carbons (Fsp3) is 0.529. The third-order valence-corrected chi connectivity index (χ3v) is 4.44. The van der Waals surface area contributed by atoms with Gasteiger partial charge in [0.2, 0.25) is 11.8 Å². The number of hydrogen-bond acceptors (Lipinski definition) is 4. The number of piperazine rings is 1. The maximum absolute atomic E-state index is 13.8. The molecule has 0 bridgehead atoms. The molecular weight excluding hydrogens is 349 g/mol. The summed E-state index contributed by atoms with van der Waals surface area (Å²) < 4.78 is 19.0. The van der Waals surface area contributed by atoms with Gasteiger partial charge in [0.05, 0.1) is 25.7 Å². The number of morpholine rings is 1. The normalized spacial score (nSPS) is 21.0. The highest BCUT2D eigenvalue weighted by Gasteiger charge is 2.32. The van der Waals surface area contributed by atoms with Gasteiger partial charge in [-0.2, -0.15) is 0 Å². The van der Waals surface area contributed by atoms with Crippen LogP contribution in [0.25, 0.3) is 0 Å². The zero-order valence-electron chi connectivity index (χ0n) is 13.9. The lowest BCUT2D eigenvalue weighted by Crippen LogP contribution is -2.56. The van der Waals surface area contributed by atoms with Gasteiger partial charge < -0.3 is 19.9 Å². The van der Waals surface area contributed by atoms with Gasteiger partial charge in [0.15, 0.2) is 0 Å². The van der Waals surface area contributed by atoms with E-state index in [9.17, 15) is 14.0 Å². The molecule has 2 aliphatic rings. The number of amides is 2. The van der Waals surface area contributed by atoms with Crippen LogP contribution in [0.1, 0.15) is 12.0 Å². The Morgan fingerprint density at radius 2 is 1.96 bits per heavy atom. The fourth-order valence-electron chi connectivity index (χ4n) is 3.06. The summed E-state index contributed by atoms with van der Waals surface area (Å²) in [6, 6.07) is 5.91. The first-order valence-electron chi connectivity index (χ1n) is 8.26. The van der Waals surface area contributed by atoms with Crippen LogP contribution in [0.4, 0.5) is 4.39 Å². The van der Waals surface area contributed by atoms with E-state index in [1.54, 1.807) is 28.0 Å². The van der Waals surface area contributed by atoms with Gasteiger partial charge in [-0.3, -0.25) is 9.59 Å². The number of nitrogens with zero attached hydrogens (tertiary/aromatic N) is 2. The van der Waals surface area contributed by atoms with Gasteiger partial charge >= 0.3 is 0 Å². The standard InChI is InChI=1S/C17H22FN3O3.ClH/c18-14-4-2-1-3-13(14)12-21-6-5-19-15(17(21)23)11-16(22)20-7-9-24-10-8-20;/h1-4,15,19H,5-12H2;1H. The van der Waals surface area contributed by atoms with Crippen molar-refractivity contribution in [2.75, 3.05) is 39.4 Å². The lowest BCUT2D eigenvalue weighted by atomic mass is 10.1. The average molecular weight is 372 g/mol. The summed E-state index contributed by atoms with van der Waals surface area (Å²) in [4.78, 5) is 28.3. The minimum atomic E-state index is -0.541. The minimum Gasteiger partial charge on any atom is -0.378 e. The van der Waals surface area contributed by atoms with E-state index < -0.39 is 6.04 Å². The number of rotatable bonds is 4. The van der Waals surface area contributed by atoms with Crippen molar-refractivity contribution < 1.29 is 18.7 Å². The number of carbonyl (C=O) groups is 2. The van der Waals surface area contributed by atoms with E-state index in [0.717, 1.165) is 0 Å². The van der Waals surface area contributed by atoms with Gasteiger partial charge in [0.25, 0.3) is 0 Å². The molecule has 0 saturated carbocycles. The molecule has 0 spiro atoms. The third-order valence-electron chi connectivity index (χ3n) is 4.44. The lowest BCUT2D eigenvalue weighted by Gasteiger charge is -2.34. The van der Waals surface area contributed by atoms with Crippen LogP contribution in [0.5, 0.6) is 0 Å². The van der Waals surface area contributed by atoms with Crippen LogP contribution >= 0.6 is 12.4 Å². The van der Waals surface area contributed by atoms with Gasteiger partial charge in [0, 0.05) is 38.3 Å². The Morgan fingerprint density at radius 3 is 2.68 bits per heavy atom. The summed E-state index contributed by atoms with van der Waals surface area (Å²) in [6.45, 7) is 3.55. The van der Waals surface area contributed by atoms with Crippen molar-refractivity contribution >= 4 is 24.2 Å². The van der Waals surface area contributed by atoms with Crippen LogP contribution in [0, 0.1) is 5.82 Å². The molecule has 0 aliphatic carbocycles. The smallest absolute Gasteiger partial charge is 0.240 e. The van der Waals surface area contributed by atoms with Crippen LogP contribution in [0.15, 0.2) is 24.3 Å². The van der Waals surface area contributed by atoms with Gasteiger partial charge in [-0.05, 0) is 6.07 Å². The average Bonchev–Trinajstić information content (AvgIpc) is 2.61. The maximum Gasteiger partial charge on any atom is 0.240 e. The summed E-state index contributed by atoms with van der Waals surface area (Å²) in [5.74, 6) is -0.507. The maximum atomic E-state index is 13.8. The van der Waals surface area contributed by atoms with E-state index in [4.69, 9.17) is 4.74 Å². The molecule has 138 valence electrons. The Balaban J connectivity index is 0.00000225. The first-order chi connectivity index (χ1) is 11.6. The second kappa shape index (κ2) is 9.12. The van der Waals surface area contributed by atoms with Crippen molar-refractivity contribution in [1.82, 2.24) is 15.1 Å². The second-order valence-corrected chi connectivity index (χ2v) is 6.06. The first kappa shape index (κ1) is 19.6. The molecule has 25 heavy (non-hydrogen) atoms. The SMILES string of the molecule is Cl.O=C(CC1NCCN(Cc2ccccc2F)C1=O)N1CCOCC1. The predicted octanol–water partition coefficient (Wildman–Crippen LogP) is 0.797. The molecule has 0 radical (unpaired) electrons. The number of halogens is 2. The predicted molar refractivity (Wildman–Crippen MR) is 92.9 cm³/mol. The molecule has 3 rings (SSSR count). The molecule has 0 aromatic heterocycles. The lowest BCUT2D eigenvalue weighted by molar-refractivity contribution is -0.143. The Bertz CT molecular complexity index is 611. The molecule has 1 N–H and O–H groups in total. The first-order valence-corrected chi connectivity index (χ1v) is 8.26. The van der Waals surface area contributed by atoms with Crippen molar-refractivity contribution in [2.45, 2.75) is 19.0 Å². The summed E-state index contributed by atoms with van der Waals surface area (Å²) in [5, 5.41) is 3.11. The van der Waals surface area contributed by atoms with Crippen molar-refractivity contribution in [1.29, 1.82) is 0 Å².